The molecular weight excluding hydrogens is 370 g/mol. The van der Waals surface area contributed by atoms with E-state index in [9.17, 15) is 9.59 Å². The molecule has 1 aromatic carbocycles. The Morgan fingerprint density at radius 1 is 1.18 bits per heavy atom. The zero-order chi connectivity index (χ0) is 19.8. The summed E-state index contributed by atoms with van der Waals surface area (Å²) in [5.74, 6) is 0.253. The van der Waals surface area contributed by atoms with E-state index in [0.29, 0.717) is 22.0 Å². The van der Waals surface area contributed by atoms with Crippen molar-refractivity contribution in [2.75, 3.05) is 12.4 Å². The smallest absolute Gasteiger partial charge is 0.256 e. The Morgan fingerprint density at radius 2 is 2.00 bits per heavy atom. The fraction of sp³-hybridized carbons (Fsp3) is 0.318. The van der Waals surface area contributed by atoms with Crippen LogP contribution < -0.4 is 10.6 Å². The van der Waals surface area contributed by atoms with Crippen LogP contribution in [0.15, 0.2) is 30.3 Å². The fourth-order valence-corrected chi connectivity index (χ4v) is 5.15. The molecule has 0 spiro atoms. The van der Waals surface area contributed by atoms with Crippen LogP contribution in [0.1, 0.15) is 50.2 Å². The molecule has 1 aliphatic rings. The summed E-state index contributed by atoms with van der Waals surface area (Å²) < 4.78 is 0. The van der Waals surface area contributed by atoms with Crippen LogP contribution in [0.25, 0.3) is 10.9 Å². The van der Waals surface area contributed by atoms with Gasteiger partial charge in [0.2, 0.25) is 0 Å². The van der Waals surface area contributed by atoms with Crippen molar-refractivity contribution >= 4 is 39.1 Å². The van der Waals surface area contributed by atoms with Gasteiger partial charge in [0, 0.05) is 28.6 Å². The number of carbonyl (C=O) groups is 2. The van der Waals surface area contributed by atoms with E-state index in [0.717, 1.165) is 41.4 Å². The Kier molecular flexibility index (Phi) is 4.89. The van der Waals surface area contributed by atoms with Gasteiger partial charge in [-0.15, -0.1) is 11.3 Å². The highest BCUT2D eigenvalue weighted by atomic mass is 32.1. The second-order valence-electron chi connectivity index (χ2n) is 7.45. The van der Waals surface area contributed by atoms with Crippen LogP contribution in [0, 0.1) is 12.8 Å². The van der Waals surface area contributed by atoms with E-state index in [-0.39, 0.29) is 11.8 Å². The van der Waals surface area contributed by atoms with Gasteiger partial charge in [0.05, 0.1) is 11.1 Å². The van der Waals surface area contributed by atoms with E-state index in [2.05, 4.69) is 22.5 Å². The van der Waals surface area contributed by atoms with Crippen molar-refractivity contribution in [2.45, 2.75) is 33.1 Å². The average Bonchev–Trinajstić information content (AvgIpc) is 3.03. The maximum Gasteiger partial charge on any atom is 0.256 e. The lowest BCUT2D eigenvalue weighted by Gasteiger charge is -2.18. The second kappa shape index (κ2) is 7.36. The third kappa shape index (κ3) is 3.40. The Labute approximate surface area is 168 Å². The molecule has 1 aliphatic carbocycles. The summed E-state index contributed by atoms with van der Waals surface area (Å²) in [5.41, 5.74) is 4.08. The van der Waals surface area contributed by atoms with Crippen molar-refractivity contribution in [3.8, 4) is 0 Å². The minimum Gasteiger partial charge on any atom is -0.355 e. The predicted octanol–water partition coefficient (Wildman–Crippen LogP) is 4.34. The van der Waals surface area contributed by atoms with Crippen LogP contribution in [0.2, 0.25) is 0 Å². The fourth-order valence-electron chi connectivity index (χ4n) is 3.75. The monoisotopic (exact) mass is 393 g/mol. The van der Waals surface area contributed by atoms with Gasteiger partial charge in [-0.25, -0.2) is 0 Å². The van der Waals surface area contributed by atoms with Crippen molar-refractivity contribution in [3.63, 3.8) is 0 Å². The maximum absolute atomic E-state index is 12.9. The van der Waals surface area contributed by atoms with Crippen molar-refractivity contribution in [1.82, 2.24) is 10.3 Å². The molecule has 5 nitrogen and oxygen atoms in total. The number of aromatic nitrogens is 1. The van der Waals surface area contributed by atoms with Crippen LogP contribution in [0.3, 0.4) is 0 Å². The van der Waals surface area contributed by atoms with Gasteiger partial charge in [0.15, 0.2) is 0 Å². The van der Waals surface area contributed by atoms with Gasteiger partial charge in [0.25, 0.3) is 11.8 Å². The summed E-state index contributed by atoms with van der Waals surface area (Å²) in [6.45, 7) is 4.17. The number of aryl methyl sites for hydroxylation is 1. The Balaban J connectivity index is 1.67. The molecule has 2 N–H and O–H groups in total. The average molecular weight is 394 g/mol. The summed E-state index contributed by atoms with van der Waals surface area (Å²) in [4.78, 5) is 31.1. The number of benzene rings is 1. The SMILES string of the molecule is CNC(=O)c1c(NC(=O)c2ccc3nc(C)ccc3c2)sc2c1CC[C@H](C)C2. The number of amides is 2. The molecule has 1 atom stereocenters. The topological polar surface area (TPSA) is 71.1 Å². The van der Waals surface area contributed by atoms with Gasteiger partial charge in [-0.2, -0.15) is 0 Å². The van der Waals surface area contributed by atoms with Crippen LogP contribution in [-0.2, 0) is 12.8 Å². The number of rotatable bonds is 3. The largest absolute Gasteiger partial charge is 0.355 e. The number of nitrogens with one attached hydrogen (secondary N) is 2. The molecular formula is C22H23N3O2S. The van der Waals surface area contributed by atoms with E-state index in [1.807, 2.05) is 31.2 Å². The van der Waals surface area contributed by atoms with Gasteiger partial charge in [-0.1, -0.05) is 13.0 Å². The van der Waals surface area contributed by atoms with Gasteiger partial charge in [-0.3, -0.25) is 14.6 Å². The molecule has 144 valence electrons. The van der Waals surface area contributed by atoms with Gasteiger partial charge < -0.3 is 10.6 Å². The first-order chi connectivity index (χ1) is 13.5. The van der Waals surface area contributed by atoms with E-state index < -0.39 is 0 Å². The molecule has 0 bridgehead atoms. The molecule has 0 unspecified atom stereocenters. The van der Waals surface area contributed by atoms with Crippen LogP contribution in [0.5, 0.6) is 0 Å². The van der Waals surface area contributed by atoms with E-state index in [4.69, 9.17) is 0 Å². The van der Waals surface area contributed by atoms with Gasteiger partial charge >= 0.3 is 0 Å². The number of fused-ring (bicyclic) bond motifs is 2. The first-order valence-corrected chi connectivity index (χ1v) is 10.3. The van der Waals surface area contributed by atoms with Gasteiger partial charge in [-0.05, 0) is 61.9 Å². The van der Waals surface area contributed by atoms with Crippen LogP contribution in [0.4, 0.5) is 5.00 Å². The Bertz CT molecular complexity index is 1090. The third-order valence-electron chi connectivity index (χ3n) is 5.28. The number of hydrogen-bond donors (Lipinski definition) is 2. The van der Waals surface area contributed by atoms with E-state index in [1.54, 1.807) is 13.1 Å². The predicted molar refractivity (Wildman–Crippen MR) is 113 cm³/mol. The van der Waals surface area contributed by atoms with Crippen molar-refractivity contribution in [1.29, 1.82) is 0 Å². The normalized spacial score (nSPS) is 15.9. The van der Waals surface area contributed by atoms with Crippen LogP contribution >= 0.6 is 11.3 Å². The minimum absolute atomic E-state index is 0.138. The van der Waals surface area contributed by atoms with Crippen LogP contribution in [-0.4, -0.2) is 23.8 Å². The molecule has 6 heteroatoms. The van der Waals surface area contributed by atoms with Gasteiger partial charge in [0.1, 0.15) is 5.00 Å². The minimum atomic E-state index is -0.209. The second-order valence-corrected chi connectivity index (χ2v) is 8.55. The summed E-state index contributed by atoms with van der Waals surface area (Å²) in [6.07, 6.45) is 2.91. The standard InChI is InChI=1S/C22H23N3O2S/c1-12-4-8-16-18(10-12)28-22(19(16)21(27)23-3)25-20(26)15-7-9-17-14(11-15)6-5-13(2)24-17/h5-7,9,11-12H,4,8,10H2,1-3H3,(H,23,27)(H,25,26)/t12-/m0/s1. The number of hydrogen-bond acceptors (Lipinski definition) is 4. The molecule has 28 heavy (non-hydrogen) atoms. The van der Waals surface area contributed by atoms with Crippen molar-refractivity contribution < 1.29 is 9.59 Å². The molecule has 4 rings (SSSR count). The number of thiophene rings is 1. The van der Waals surface area contributed by atoms with Crippen molar-refractivity contribution in [3.05, 3.63) is 57.6 Å². The highest BCUT2D eigenvalue weighted by molar-refractivity contribution is 7.17. The molecule has 2 heterocycles. The highest BCUT2D eigenvalue weighted by Gasteiger charge is 2.28. The summed E-state index contributed by atoms with van der Waals surface area (Å²) in [5, 5.41) is 7.27. The number of anilines is 1. The number of carbonyl (C=O) groups excluding carboxylic acids is 2. The lowest BCUT2D eigenvalue weighted by atomic mass is 9.88. The Morgan fingerprint density at radius 3 is 2.79 bits per heavy atom. The number of pyridine rings is 1. The maximum atomic E-state index is 12.9. The molecule has 0 saturated carbocycles. The first-order valence-electron chi connectivity index (χ1n) is 9.51. The molecule has 2 amide bonds. The highest BCUT2D eigenvalue weighted by Crippen LogP contribution is 2.39. The Hall–Kier alpha value is -2.73. The summed E-state index contributed by atoms with van der Waals surface area (Å²) in [6, 6.07) is 9.38. The van der Waals surface area contributed by atoms with Crippen molar-refractivity contribution in [2.24, 2.45) is 5.92 Å². The lowest BCUT2D eigenvalue weighted by molar-refractivity contribution is 0.0963. The zero-order valence-corrected chi connectivity index (χ0v) is 17.1. The molecule has 0 fully saturated rings. The van der Waals surface area contributed by atoms with E-state index >= 15 is 0 Å². The summed E-state index contributed by atoms with van der Waals surface area (Å²) >= 11 is 1.53. The molecule has 2 aromatic heterocycles. The molecule has 0 aliphatic heterocycles. The molecule has 0 saturated heterocycles. The number of nitrogens with zero attached hydrogens (tertiary/aromatic N) is 1. The van der Waals surface area contributed by atoms with E-state index in [1.165, 1.54) is 16.2 Å². The molecule has 0 radical (unpaired) electrons. The first kappa shape index (κ1) is 18.6. The zero-order valence-electron chi connectivity index (χ0n) is 16.3. The molecule has 3 aromatic rings. The third-order valence-corrected chi connectivity index (χ3v) is 6.45. The summed E-state index contributed by atoms with van der Waals surface area (Å²) in [7, 11) is 1.63. The lowest BCUT2D eigenvalue weighted by Crippen LogP contribution is -2.22. The quantitative estimate of drug-likeness (QED) is 0.695.